The molecule has 0 bridgehead atoms. The first-order valence-electron chi connectivity index (χ1n) is 9.77. The third-order valence-corrected chi connectivity index (χ3v) is 6.08. The number of benzene rings is 2. The first-order valence-corrected chi connectivity index (χ1v) is 10.6. The van der Waals surface area contributed by atoms with E-state index in [-0.39, 0.29) is 17.8 Å². The predicted octanol–water partition coefficient (Wildman–Crippen LogP) is 4.79. The van der Waals surface area contributed by atoms with Gasteiger partial charge in [0.15, 0.2) is 0 Å². The lowest BCUT2D eigenvalue weighted by atomic mass is 10.1. The summed E-state index contributed by atoms with van der Waals surface area (Å²) < 4.78 is 20.6. The second-order valence-corrected chi connectivity index (χ2v) is 8.42. The zero-order chi connectivity index (χ0) is 22.1. The monoisotopic (exact) mass is 438 g/mol. The van der Waals surface area contributed by atoms with Crippen LogP contribution in [0.15, 0.2) is 54.6 Å². The summed E-state index contributed by atoms with van der Waals surface area (Å²) >= 11 is 1.36. The number of rotatable bonds is 6. The topological polar surface area (TPSA) is 59.4 Å². The van der Waals surface area contributed by atoms with Crippen LogP contribution < -0.4 is 15.0 Å². The van der Waals surface area contributed by atoms with Gasteiger partial charge in [-0.3, -0.25) is 9.36 Å². The second-order valence-electron chi connectivity index (χ2n) is 7.39. The molecule has 0 aliphatic rings. The molecule has 0 spiro atoms. The predicted molar refractivity (Wildman–Crippen MR) is 122 cm³/mol. The van der Waals surface area contributed by atoms with E-state index in [0.29, 0.717) is 10.8 Å². The highest BCUT2D eigenvalue weighted by atomic mass is 32.1. The van der Waals surface area contributed by atoms with Crippen molar-refractivity contribution in [3.63, 3.8) is 0 Å². The Kier molecular flexibility index (Phi) is 5.65. The maximum absolute atomic E-state index is 13.4. The molecule has 0 saturated carbocycles. The van der Waals surface area contributed by atoms with E-state index in [1.807, 2.05) is 54.8 Å². The first kappa shape index (κ1) is 20.9. The summed E-state index contributed by atoms with van der Waals surface area (Å²) in [6.07, 6.45) is 0. The summed E-state index contributed by atoms with van der Waals surface area (Å²) in [5.74, 6) is 0.985. The van der Waals surface area contributed by atoms with Crippen molar-refractivity contribution in [3.05, 3.63) is 70.9 Å². The molecule has 0 fully saturated rings. The van der Waals surface area contributed by atoms with Crippen molar-refractivity contribution < 1.29 is 13.9 Å². The van der Waals surface area contributed by atoms with Crippen LogP contribution >= 0.6 is 11.3 Å². The van der Waals surface area contributed by atoms with Crippen LogP contribution in [0, 0.1) is 5.82 Å². The molecular weight excluding hydrogens is 415 g/mol. The van der Waals surface area contributed by atoms with E-state index in [1.54, 1.807) is 25.3 Å². The number of hydrogen-bond donors (Lipinski definition) is 1. The number of imidazole rings is 1. The van der Waals surface area contributed by atoms with Gasteiger partial charge in [-0.2, -0.15) is 0 Å². The number of carbonyl (C=O) groups is 1. The van der Waals surface area contributed by atoms with E-state index in [9.17, 15) is 9.18 Å². The molecule has 8 heteroatoms. The number of ether oxygens (including phenoxy) is 1. The van der Waals surface area contributed by atoms with Gasteiger partial charge in [0, 0.05) is 14.1 Å². The van der Waals surface area contributed by atoms with Gasteiger partial charge >= 0.3 is 0 Å². The number of anilines is 1. The van der Waals surface area contributed by atoms with E-state index < -0.39 is 0 Å². The van der Waals surface area contributed by atoms with Gasteiger partial charge in [-0.1, -0.05) is 12.1 Å². The van der Waals surface area contributed by atoms with Gasteiger partial charge in [-0.15, -0.1) is 11.3 Å². The average molecular weight is 439 g/mol. The Labute approximate surface area is 183 Å². The number of amides is 1. The summed E-state index contributed by atoms with van der Waals surface area (Å²) in [6, 6.07) is 15.5. The van der Waals surface area contributed by atoms with Crippen LogP contribution in [-0.4, -0.2) is 36.7 Å². The van der Waals surface area contributed by atoms with Crippen molar-refractivity contribution >= 4 is 33.5 Å². The van der Waals surface area contributed by atoms with Crippen LogP contribution in [0.5, 0.6) is 5.75 Å². The zero-order valence-corrected chi connectivity index (χ0v) is 18.5. The SMILES string of the molecule is COc1cccc([C@@H](C)NC(=O)c2cc3nc(N(C)C)n(-c4ccc(F)cc4)c3s2)c1. The Morgan fingerprint density at radius 2 is 1.94 bits per heavy atom. The second kappa shape index (κ2) is 8.39. The third kappa shape index (κ3) is 4.11. The lowest BCUT2D eigenvalue weighted by Gasteiger charge is -2.15. The minimum Gasteiger partial charge on any atom is -0.497 e. The number of methoxy groups -OCH3 is 1. The molecule has 1 atom stereocenters. The molecule has 4 aromatic rings. The molecule has 1 amide bonds. The molecular formula is C23H23FN4O2S. The minimum atomic E-state index is -0.302. The van der Waals surface area contributed by atoms with Gasteiger partial charge in [-0.25, -0.2) is 9.37 Å². The van der Waals surface area contributed by atoms with Crippen molar-refractivity contribution in [2.75, 3.05) is 26.1 Å². The number of aromatic nitrogens is 2. The van der Waals surface area contributed by atoms with Crippen LogP contribution in [0.2, 0.25) is 0 Å². The Hall–Kier alpha value is -3.39. The third-order valence-electron chi connectivity index (χ3n) is 4.97. The first-order chi connectivity index (χ1) is 14.9. The highest BCUT2D eigenvalue weighted by Gasteiger charge is 2.21. The van der Waals surface area contributed by atoms with E-state index in [1.165, 1.54) is 23.5 Å². The Balaban J connectivity index is 1.66. The number of fused-ring (bicyclic) bond motifs is 1. The lowest BCUT2D eigenvalue weighted by molar-refractivity contribution is 0.0944. The lowest BCUT2D eigenvalue weighted by Crippen LogP contribution is -2.25. The summed E-state index contributed by atoms with van der Waals surface area (Å²) in [5.41, 5.74) is 2.46. The summed E-state index contributed by atoms with van der Waals surface area (Å²) in [4.78, 5) is 20.9. The van der Waals surface area contributed by atoms with E-state index >= 15 is 0 Å². The molecule has 0 saturated heterocycles. The van der Waals surface area contributed by atoms with Gasteiger partial charge in [0.05, 0.1) is 23.7 Å². The molecule has 0 unspecified atom stereocenters. The maximum Gasteiger partial charge on any atom is 0.261 e. The van der Waals surface area contributed by atoms with Gasteiger partial charge in [0.25, 0.3) is 5.91 Å². The normalized spacial score (nSPS) is 12.0. The van der Waals surface area contributed by atoms with Crippen LogP contribution in [0.25, 0.3) is 16.0 Å². The molecule has 31 heavy (non-hydrogen) atoms. The fraction of sp³-hybridized carbons (Fsp3) is 0.217. The van der Waals surface area contributed by atoms with Crippen LogP contribution in [0.1, 0.15) is 28.2 Å². The van der Waals surface area contributed by atoms with Gasteiger partial charge in [0.1, 0.15) is 21.9 Å². The zero-order valence-electron chi connectivity index (χ0n) is 17.7. The standard InChI is InChI=1S/C23H23FN4O2S/c1-14(15-6-5-7-18(12-15)30-4)25-21(29)20-13-19-22(31-20)28(23(26-19)27(2)3)17-10-8-16(24)9-11-17/h5-14H,1-4H3,(H,25,29)/t14-/m1/s1. The van der Waals surface area contributed by atoms with E-state index in [2.05, 4.69) is 10.3 Å². The summed E-state index contributed by atoms with van der Waals surface area (Å²) in [5, 5.41) is 3.04. The fourth-order valence-electron chi connectivity index (χ4n) is 3.36. The fourth-order valence-corrected chi connectivity index (χ4v) is 4.38. The molecule has 6 nitrogen and oxygen atoms in total. The number of carbonyl (C=O) groups excluding carboxylic acids is 1. The minimum absolute atomic E-state index is 0.171. The molecule has 0 aliphatic heterocycles. The molecule has 2 heterocycles. The van der Waals surface area contributed by atoms with Gasteiger partial charge in [-0.05, 0) is 55.0 Å². The molecule has 2 aromatic carbocycles. The summed E-state index contributed by atoms with van der Waals surface area (Å²) in [6.45, 7) is 1.93. The van der Waals surface area contributed by atoms with Crippen molar-refractivity contribution in [2.45, 2.75) is 13.0 Å². The van der Waals surface area contributed by atoms with Crippen LogP contribution in [-0.2, 0) is 0 Å². The van der Waals surface area contributed by atoms with Crippen molar-refractivity contribution in [3.8, 4) is 11.4 Å². The smallest absolute Gasteiger partial charge is 0.261 e. The highest BCUT2D eigenvalue weighted by Crippen LogP contribution is 2.33. The number of nitrogens with one attached hydrogen (secondary N) is 1. The molecule has 0 aliphatic carbocycles. The van der Waals surface area contributed by atoms with Crippen molar-refractivity contribution in [1.82, 2.24) is 14.9 Å². The Morgan fingerprint density at radius 3 is 2.61 bits per heavy atom. The number of nitrogens with zero attached hydrogens (tertiary/aromatic N) is 3. The molecule has 2 aromatic heterocycles. The number of halogens is 1. The van der Waals surface area contributed by atoms with Crippen LogP contribution in [0.4, 0.5) is 10.3 Å². The maximum atomic E-state index is 13.4. The van der Waals surface area contributed by atoms with Gasteiger partial charge < -0.3 is 15.0 Å². The van der Waals surface area contributed by atoms with E-state index in [0.717, 1.165) is 27.3 Å². The number of thiophene rings is 1. The number of hydrogen-bond acceptors (Lipinski definition) is 5. The highest BCUT2D eigenvalue weighted by molar-refractivity contribution is 7.20. The van der Waals surface area contributed by atoms with Crippen LogP contribution in [0.3, 0.4) is 0 Å². The Morgan fingerprint density at radius 1 is 1.19 bits per heavy atom. The molecule has 4 rings (SSSR count). The quantitative estimate of drug-likeness (QED) is 0.470. The van der Waals surface area contributed by atoms with Crippen molar-refractivity contribution in [1.29, 1.82) is 0 Å². The molecule has 160 valence electrons. The Bertz CT molecular complexity index is 1230. The molecule has 0 radical (unpaired) electrons. The largest absolute Gasteiger partial charge is 0.497 e. The van der Waals surface area contributed by atoms with E-state index in [4.69, 9.17) is 4.74 Å². The van der Waals surface area contributed by atoms with Gasteiger partial charge in [0.2, 0.25) is 5.95 Å². The average Bonchev–Trinajstić information content (AvgIpc) is 3.33. The van der Waals surface area contributed by atoms with Crippen molar-refractivity contribution in [2.24, 2.45) is 0 Å². The summed E-state index contributed by atoms with van der Waals surface area (Å²) in [7, 11) is 5.41. The molecule has 1 N–H and O–H groups in total.